The molecule has 0 fully saturated rings. The standard InChI is InChI=1S/C19H17NO3/c1-13-8-9-16(10-14(13)2)19(21)22-12-17-11-18(23-20-17)15-6-4-3-5-7-15/h3-11H,12H2,1-2H3. The van der Waals surface area contributed by atoms with Crippen LogP contribution in [-0.2, 0) is 11.3 Å². The van der Waals surface area contributed by atoms with E-state index < -0.39 is 0 Å². The van der Waals surface area contributed by atoms with E-state index in [0.717, 1.165) is 16.7 Å². The van der Waals surface area contributed by atoms with Crippen molar-refractivity contribution in [3.05, 3.63) is 77.0 Å². The van der Waals surface area contributed by atoms with Gasteiger partial charge in [-0.25, -0.2) is 4.79 Å². The van der Waals surface area contributed by atoms with Crippen LogP contribution in [0.25, 0.3) is 11.3 Å². The molecule has 116 valence electrons. The third kappa shape index (κ3) is 3.48. The number of esters is 1. The molecule has 0 bridgehead atoms. The van der Waals surface area contributed by atoms with Gasteiger partial charge in [-0.2, -0.15) is 0 Å². The summed E-state index contributed by atoms with van der Waals surface area (Å²) >= 11 is 0. The zero-order valence-electron chi connectivity index (χ0n) is 13.1. The molecule has 0 amide bonds. The second kappa shape index (κ2) is 6.48. The molecular weight excluding hydrogens is 290 g/mol. The molecule has 0 radical (unpaired) electrons. The Morgan fingerprint density at radius 1 is 1.04 bits per heavy atom. The van der Waals surface area contributed by atoms with Gasteiger partial charge in [0.1, 0.15) is 12.3 Å². The zero-order valence-corrected chi connectivity index (χ0v) is 13.1. The van der Waals surface area contributed by atoms with E-state index in [2.05, 4.69) is 5.16 Å². The number of hydrogen-bond donors (Lipinski definition) is 0. The van der Waals surface area contributed by atoms with Crippen LogP contribution in [0.1, 0.15) is 27.2 Å². The lowest BCUT2D eigenvalue weighted by molar-refractivity contribution is 0.0464. The number of carbonyl (C=O) groups excluding carboxylic acids is 1. The maximum absolute atomic E-state index is 12.1. The van der Waals surface area contributed by atoms with Gasteiger partial charge in [0.05, 0.1) is 5.56 Å². The van der Waals surface area contributed by atoms with E-state index in [1.807, 2.05) is 56.3 Å². The Morgan fingerprint density at radius 2 is 1.83 bits per heavy atom. The molecule has 1 aromatic heterocycles. The van der Waals surface area contributed by atoms with E-state index in [1.165, 1.54) is 0 Å². The number of hydrogen-bond acceptors (Lipinski definition) is 4. The molecule has 0 aliphatic carbocycles. The molecule has 0 N–H and O–H groups in total. The van der Waals surface area contributed by atoms with Crippen LogP contribution in [0.5, 0.6) is 0 Å². The Morgan fingerprint density at radius 3 is 2.57 bits per heavy atom. The molecule has 3 aromatic rings. The summed E-state index contributed by atoms with van der Waals surface area (Å²) in [6.07, 6.45) is 0. The molecule has 0 saturated heterocycles. The maximum Gasteiger partial charge on any atom is 0.338 e. The number of aromatic nitrogens is 1. The van der Waals surface area contributed by atoms with Crippen LogP contribution in [0.4, 0.5) is 0 Å². The third-order valence-corrected chi connectivity index (χ3v) is 3.71. The highest BCUT2D eigenvalue weighted by Crippen LogP contribution is 2.20. The summed E-state index contributed by atoms with van der Waals surface area (Å²) in [5.41, 5.74) is 4.27. The average molecular weight is 307 g/mol. The molecule has 4 heteroatoms. The number of ether oxygens (including phenoxy) is 1. The average Bonchev–Trinajstić information content (AvgIpc) is 3.05. The Balaban J connectivity index is 1.65. The topological polar surface area (TPSA) is 52.3 Å². The summed E-state index contributed by atoms with van der Waals surface area (Å²) in [5.74, 6) is 0.292. The fourth-order valence-electron chi connectivity index (χ4n) is 2.21. The number of nitrogens with zero attached hydrogens (tertiary/aromatic N) is 1. The number of aryl methyl sites for hydroxylation is 2. The van der Waals surface area contributed by atoms with Gasteiger partial charge < -0.3 is 9.26 Å². The van der Waals surface area contributed by atoms with Crippen molar-refractivity contribution in [2.24, 2.45) is 0 Å². The number of rotatable bonds is 4. The molecule has 0 aliphatic heterocycles. The van der Waals surface area contributed by atoms with Gasteiger partial charge in [-0.15, -0.1) is 0 Å². The largest absolute Gasteiger partial charge is 0.455 e. The second-order valence-electron chi connectivity index (χ2n) is 5.42. The van der Waals surface area contributed by atoms with Crippen molar-refractivity contribution in [1.29, 1.82) is 0 Å². The van der Waals surface area contributed by atoms with Crippen molar-refractivity contribution >= 4 is 5.97 Å². The molecule has 2 aromatic carbocycles. The predicted octanol–water partition coefficient (Wildman–Crippen LogP) is 4.32. The Labute approximate surface area is 134 Å². The monoisotopic (exact) mass is 307 g/mol. The maximum atomic E-state index is 12.1. The summed E-state index contributed by atoms with van der Waals surface area (Å²) in [7, 11) is 0. The van der Waals surface area contributed by atoms with E-state index in [1.54, 1.807) is 12.1 Å². The Bertz CT molecular complexity index is 822. The van der Waals surface area contributed by atoms with Crippen molar-refractivity contribution in [3.63, 3.8) is 0 Å². The lowest BCUT2D eigenvalue weighted by Gasteiger charge is -2.05. The van der Waals surface area contributed by atoms with Crippen molar-refractivity contribution in [2.75, 3.05) is 0 Å². The van der Waals surface area contributed by atoms with Crippen molar-refractivity contribution < 1.29 is 14.1 Å². The highest BCUT2D eigenvalue weighted by molar-refractivity contribution is 5.89. The molecule has 0 atom stereocenters. The van der Waals surface area contributed by atoms with Gasteiger partial charge in [0.2, 0.25) is 0 Å². The fourth-order valence-corrected chi connectivity index (χ4v) is 2.21. The van der Waals surface area contributed by atoms with Gasteiger partial charge in [-0.05, 0) is 37.1 Å². The fraction of sp³-hybridized carbons (Fsp3) is 0.158. The van der Waals surface area contributed by atoms with Gasteiger partial charge in [0.25, 0.3) is 0 Å². The third-order valence-electron chi connectivity index (χ3n) is 3.71. The minimum atomic E-state index is -0.364. The zero-order chi connectivity index (χ0) is 16.2. The predicted molar refractivity (Wildman–Crippen MR) is 87.0 cm³/mol. The SMILES string of the molecule is Cc1ccc(C(=O)OCc2cc(-c3ccccc3)on2)cc1C. The quantitative estimate of drug-likeness (QED) is 0.674. The minimum absolute atomic E-state index is 0.0854. The molecule has 0 saturated carbocycles. The van der Waals surface area contributed by atoms with Crippen molar-refractivity contribution in [2.45, 2.75) is 20.5 Å². The van der Waals surface area contributed by atoms with Crippen LogP contribution in [-0.4, -0.2) is 11.1 Å². The molecule has 23 heavy (non-hydrogen) atoms. The molecule has 0 aliphatic rings. The van der Waals surface area contributed by atoms with Gasteiger partial charge >= 0.3 is 5.97 Å². The van der Waals surface area contributed by atoms with Crippen LogP contribution in [0.15, 0.2) is 59.1 Å². The molecule has 1 heterocycles. The molecule has 3 rings (SSSR count). The lowest BCUT2D eigenvalue weighted by Crippen LogP contribution is -2.06. The molecule has 0 unspecified atom stereocenters. The van der Waals surface area contributed by atoms with Crippen LogP contribution in [0.2, 0.25) is 0 Å². The first-order valence-corrected chi connectivity index (χ1v) is 7.39. The van der Waals surface area contributed by atoms with Crippen LogP contribution < -0.4 is 0 Å². The highest BCUT2D eigenvalue weighted by Gasteiger charge is 2.11. The molecular formula is C19H17NO3. The summed E-state index contributed by atoms with van der Waals surface area (Å²) in [6, 6.07) is 17.0. The number of carbonyl (C=O) groups is 1. The van der Waals surface area contributed by atoms with E-state index in [9.17, 15) is 4.79 Å². The lowest BCUT2D eigenvalue weighted by atomic mass is 10.1. The Kier molecular flexibility index (Phi) is 4.24. The van der Waals surface area contributed by atoms with Gasteiger partial charge in [-0.3, -0.25) is 0 Å². The smallest absolute Gasteiger partial charge is 0.338 e. The summed E-state index contributed by atoms with van der Waals surface area (Å²) in [6.45, 7) is 4.06. The summed E-state index contributed by atoms with van der Waals surface area (Å²) < 4.78 is 10.6. The second-order valence-corrected chi connectivity index (χ2v) is 5.42. The van der Waals surface area contributed by atoms with E-state index in [4.69, 9.17) is 9.26 Å². The summed E-state index contributed by atoms with van der Waals surface area (Å²) in [4.78, 5) is 12.1. The van der Waals surface area contributed by atoms with Crippen molar-refractivity contribution in [1.82, 2.24) is 5.16 Å². The molecule has 0 spiro atoms. The van der Waals surface area contributed by atoms with E-state index in [0.29, 0.717) is 17.0 Å². The summed E-state index contributed by atoms with van der Waals surface area (Å²) in [5, 5.41) is 3.94. The first-order valence-electron chi connectivity index (χ1n) is 7.39. The van der Waals surface area contributed by atoms with Crippen LogP contribution in [0, 0.1) is 13.8 Å². The van der Waals surface area contributed by atoms with E-state index >= 15 is 0 Å². The van der Waals surface area contributed by atoms with Gasteiger partial charge in [0, 0.05) is 11.6 Å². The van der Waals surface area contributed by atoms with Gasteiger partial charge in [0.15, 0.2) is 5.76 Å². The van der Waals surface area contributed by atoms with E-state index in [-0.39, 0.29) is 12.6 Å². The first-order chi connectivity index (χ1) is 11.1. The van der Waals surface area contributed by atoms with Gasteiger partial charge in [-0.1, -0.05) is 41.6 Å². The van der Waals surface area contributed by atoms with Crippen molar-refractivity contribution in [3.8, 4) is 11.3 Å². The first kappa shape index (κ1) is 15.0. The highest BCUT2D eigenvalue weighted by atomic mass is 16.5. The Hall–Kier alpha value is -2.88. The normalized spacial score (nSPS) is 10.5. The number of benzene rings is 2. The van der Waals surface area contributed by atoms with Crippen LogP contribution >= 0.6 is 0 Å². The molecule has 4 nitrogen and oxygen atoms in total. The van der Waals surface area contributed by atoms with Crippen LogP contribution in [0.3, 0.4) is 0 Å². The minimum Gasteiger partial charge on any atom is -0.455 e.